The lowest BCUT2D eigenvalue weighted by atomic mass is 10.1. The lowest BCUT2D eigenvalue weighted by Gasteiger charge is -2.24. The Morgan fingerprint density at radius 1 is 1.29 bits per heavy atom. The summed E-state index contributed by atoms with van der Waals surface area (Å²) in [7, 11) is 0. The zero-order valence-electron chi connectivity index (χ0n) is 13.0. The quantitative estimate of drug-likeness (QED) is 0.825. The van der Waals surface area contributed by atoms with E-state index >= 15 is 0 Å². The predicted molar refractivity (Wildman–Crippen MR) is 78.4 cm³/mol. The van der Waals surface area contributed by atoms with E-state index in [9.17, 15) is 22.8 Å². The minimum Gasteiger partial charge on any atom is -0.481 e. The lowest BCUT2D eigenvalue weighted by Crippen LogP contribution is -2.39. The van der Waals surface area contributed by atoms with Gasteiger partial charge in [0, 0.05) is 12.6 Å². The Bertz CT molecular complexity index is 596. The zero-order chi connectivity index (χ0) is 17.9. The molecule has 0 radical (unpaired) electrons. The van der Waals surface area contributed by atoms with Gasteiger partial charge in [-0.25, -0.2) is 0 Å². The third kappa shape index (κ3) is 5.43. The first-order valence-electron chi connectivity index (χ1n) is 7.52. The molecule has 132 valence electrons. The molecule has 1 amide bonds. The van der Waals surface area contributed by atoms with Crippen molar-refractivity contribution in [3.63, 3.8) is 0 Å². The second-order valence-corrected chi connectivity index (χ2v) is 5.89. The van der Waals surface area contributed by atoms with Crippen LogP contribution in [0.2, 0.25) is 0 Å². The van der Waals surface area contributed by atoms with E-state index in [2.05, 4.69) is 4.74 Å². The molecule has 1 atom stereocenters. The molecule has 0 bridgehead atoms. The highest BCUT2D eigenvalue weighted by Gasteiger charge is 2.34. The summed E-state index contributed by atoms with van der Waals surface area (Å²) in [6.07, 6.45) is -3.06. The number of carbonyl (C=O) groups is 2. The summed E-state index contributed by atoms with van der Waals surface area (Å²) in [6.45, 7) is 1.67. The number of halogens is 3. The van der Waals surface area contributed by atoms with Crippen LogP contribution in [0.25, 0.3) is 0 Å². The second-order valence-electron chi connectivity index (χ2n) is 5.89. The molecular weight excluding hydrogens is 327 g/mol. The number of ether oxygens (including phenoxy) is 1. The standard InChI is InChI=1S/C16H18F3NO4/c1-10(15(22)23)9-20(12-4-5-12)14(21)8-11-2-6-13(7-3-11)24-16(17,18)19/h2-3,6-7,10,12H,4-5,8-9H2,1H3,(H,22,23). The SMILES string of the molecule is CC(CN(C(=O)Cc1ccc(OC(F)(F)F)cc1)C1CC1)C(=O)O. The number of rotatable bonds is 7. The van der Waals surface area contributed by atoms with E-state index in [-0.39, 0.29) is 30.7 Å². The number of hydrogen-bond donors (Lipinski definition) is 1. The molecule has 1 saturated carbocycles. The molecule has 8 heteroatoms. The Hall–Kier alpha value is -2.25. The fraction of sp³-hybridized carbons (Fsp3) is 0.500. The smallest absolute Gasteiger partial charge is 0.481 e. The molecule has 1 aliphatic carbocycles. The van der Waals surface area contributed by atoms with Crippen molar-refractivity contribution >= 4 is 11.9 Å². The van der Waals surface area contributed by atoms with Gasteiger partial charge in [0.1, 0.15) is 5.75 Å². The normalized spacial score (nSPS) is 15.7. The van der Waals surface area contributed by atoms with Crippen LogP contribution in [0, 0.1) is 5.92 Å². The summed E-state index contributed by atoms with van der Waals surface area (Å²) in [5.41, 5.74) is 0.545. The number of amides is 1. The Morgan fingerprint density at radius 2 is 1.88 bits per heavy atom. The first-order valence-corrected chi connectivity index (χ1v) is 7.52. The minimum absolute atomic E-state index is 0.00906. The zero-order valence-corrected chi connectivity index (χ0v) is 13.0. The van der Waals surface area contributed by atoms with Crippen LogP contribution in [0.1, 0.15) is 25.3 Å². The van der Waals surface area contributed by atoms with E-state index in [1.54, 1.807) is 4.90 Å². The fourth-order valence-corrected chi connectivity index (χ4v) is 2.30. The van der Waals surface area contributed by atoms with Gasteiger partial charge in [-0.1, -0.05) is 19.1 Å². The fourth-order valence-electron chi connectivity index (χ4n) is 2.30. The third-order valence-electron chi connectivity index (χ3n) is 3.71. The Kier molecular flexibility index (Phi) is 5.36. The molecule has 0 saturated heterocycles. The van der Waals surface area contributed by atoms with Gasteiger partial charge in [-0.3, -0.25) is 9.59 Å². The average Bonchev–Trinajstić information content (AvgIpc) is 3.29. The molecule has 1 fully saturated rings. The van der Waals surface area contributed by atoms with Crippen molar-refractivity contribution in [3.05, 3.63) is 29.8 Å². The molecule has 1 aliphatic rings. The summed E-state index contributed by atoms with van der Waals surface area (Å²) < 4.78 is 40.1. The third-order valence-corrected chi connectivity index (χ3v) is 3.71. The molecule has 1 aromatic carbocycles. The number of nitrogens with zero attached hydrogens (tertiary/aromatic N) is 1. The van der Waals surface area contributed by atoms with Crippen LogP contribution in [-0.2, 0) is 16.0 Å². The van der Waals surface area contributed by atoms with Gasteiger partial charge in [-0.15, -0.1) is 13.2 Å². The van der Waals surface area contributed by atoms with Crippen LogP contribution in [0.3, 0.4) is 0 Å². The highest BCUT2D eigenvalue weighted by atomic mass is 19.4. The maximum atomic E-state index is 12.4. The van der Waals surface area contributed by atoms with Crippen LogP contribution < -0.4 is 4.74 Å². The van der Waals surface area contributed by atoms with Gasteiger partial charge in [0.2, 0.25) is 5.91 Å². The Morgan fingerprint density at radius 3 is 2.33 bits per heavy atom. The van der Waals surface area contributed by atoms with Crippen molar-refractivity contribution in [3.8, 4) is 5.75 Å². The van der Waals surface area contributed by atoms with Crippen molar-refractivity contribution in [2.24, 2.45) is 5.92 Å². The number of carbonyl (C=O) groups excluding carboxylic acids is 1. The number of hydrogen-bond acceptors (Lipinski definition) is 3. The number of carboxylic acids is 1. The summed E-state index contributed by atoms with van der Waals surface area (Å²) >= 11 is 0. The van der Waals surface area contributed by atoms with Gasteiger partial charge in [-0.2, -0.15) is 0 Å². The summed E-state index contributed by atoms with van der Waals surface area (Å²) in [5.74, 6) is -2.22. The molecule has 5 nitrogen and oxygen atoms in total. The molecular formula is C16H18F3NO4. The van der Waals surface area contributed by atoms with Crippen LogP contribution in [-0.4, -0.2) is 40.8 Å². The summed E-state index contributed by atoms with van der Waals surface area (Å²) in [5, 5.41) is 8.98. The van der Waals surface area contributed by atoms with Gasteiger partial charge < -0.3 is 14.7 Å². The number of alkyl halides is 3. The van der Waals surface area contributed by atoms with Crippen molar-refractivity contribution < 1.29 is 32.6 Å². The van der Waals surface area contributed by atoms with Gasteiger partial charge in [0.05, 0.1) is 12.3 Å². The first-order chi connectivity index (χ1) is 11.2. The average molecular weight is 345 g/mol. The maximum absolute atomic E-state index is 12.4. The van der Waals surface area contributed by atoms with E-state index in [1.807, 2.05) is 0 Å². The number of aliphatic carboxylic acids is 1. The predicted octanol–water partition coefficient (Wildman–Crippen LogP) is 2.84. The van der Waals surface area contributed by atoms with Crippen molar-refractivity contribution in [2.45, 2.75) is 38.6 Å². The van der Waals surface area contributed by atoms with Crippen LogP contribution in [0.5, 0.6) is 5.75 Å². The molecule has 1 aromatic rings. The molecule has 0 aliphatic heterocycles. The van der Waals surface area contributed by atoms with Crippen molar-refractivity contribution in [1.29, 1.82) is 0 Å². The molecule has 0 spiro atoms. The van der Waals surface area contributed by atoms with Gasteiger partial charge in [-0.05, 0) is 30.5 Å². The highest BCUT2D eigenvalue weighted by Crippen LogP contribution is 2.29. The van der Waals surface area contributed by atoms with E-state index in [1.165, 1.54) is 19.1 Å². The molecule has 0 heterocycles. The van der Waals surface area contributed by atoms with Gasteiger partial charge >= 0.3 is 12.3 Å². The minimum atomic E-state index is -4.76. The van der Waals surface area contributed by atoms with Crippen molar-refractivity contribution in [1.82, 2.24) is 4.90 Å². The van der Waals surface area contributed by atoms with E-state index in [0.717, 1.165) is 25.0 Å². The summed E-state index contributed by atoms with van der Waals surface area (Å²) in [6, 6.07) is 5.15. The monoisotopic (exact) mass is 345 g/mol. The molecule has 1 N–H and O–H groups in total. The van der Waals surface area contributed by atoms with E-state index in [0.29, 0.717) is 5.56 Å². The maximum Gasteiger partial charge on any atom is 0.573 e. The van der Waals surface area contributed by atoms with Crippen LogP contribution in [0.15, 0.2) is 24.3 Å². The molecule has 0 aromatic heterocycles. The molecule has 24 heavy (non-hydrogen) atoms. The molecule has 2 rings (SSSR count). The Balaban J connectivity index is 1.98. The second kappa shape index (κ2) is 7.11. The summed E-state index contributed by atoms with van der Waals surface area (Å²) in [4.78, 5) is 24.9. The largest absolute Gasteiger partial charge is 0.573 e. The topological polar surface area (TPSA) is 66.8 Å². The van der Waals surface area contributed by atoms with Gasteiger partial charge in [0.25, 0.3) is 0 Å². The van der Waals surface area contributed by atoms with Gasteiger partial charge in [0.15, 0.2) is 0 Å². The van der Waals surface area contributed by atoms with E-state index < -0.39 is 18.2 Å². The van der Waals surface area contributed by atoms with Crippen LogP contribution in [0.4, 0.5) is 13.2 Å². The van der Waals surface area contributed by atoms with Crippen molar-refractivity contribution in [2.75, 3.05) is 6.54 Å². The molecule has 1 unspecified atom stereocenters. The Labute approximate surface area is 137 Å². The highest BCUT2D eigenvalue weighted by molar-refractivity contribution is 5.80. The number of carboxylic acid groups (broad SMARTS) is 1. The van der Waals surface area contributed by atoms with E-state index in [4.69, 9.17) is 5.11 Å². The van der Waals surface area contributed by atoms with Crippen LogP contribution >= 0.6 is 0 Å². The lowest BCUT2D eigenvalue weighted by molar-refractivity contribution is -0.274. The first kappa shape index (κ1) is 18.1. The number of benzene rings is 1.